The molecule has 7 nitrogen and oxygen atoms in total. The third-order valence-electron chi connectivity index (χ3n) is 3.96. The molecule has 0 unspecified atom stereocenters. The summed E-state index contributed by atoms with van der Waals surface area (Å²) in [5.41, 5.74) is 2.91. The molecule has 3 aromatic rings. The summed E-state index contributed by atoms with van der Waals surface area (Å²) in [6.45, 7) is 6.54. The quantitative estimate of drug-likeness (QED) is 0.530. The standard InChI is InChI=1S/C22H24N4O3/c1-4-28-19-9-7-6-8-18(19)25-22-23-15(3)14-20(26-22)24-17-12-10-16(11-13-17)21(27)29-5-2/h6-14H,4-5H2,1-3H3,(H2,23,24,25,26). The number of nitrogens with zero attached hydrogens (tertiary/aromatic N) is 2. The van der Waals surface area contributed by atoms with Crippen LogP contribution in [0, 0.1) is 6.92 Å². The Morgan fingerprint density at radius 1 is 0.966 bits per heavy atom. The zero-order valence-corrected chi connectivity index (χ0v) is 16.7. The van der Waals surface area contributed by atoms with E-state index in [9.17, 15) is 4.79 Å². The molecule has 0 spiro atoms. The van der Waals surface area contributed by atoms with E-state index in [1.54, 1.807) is 31.2 Å². The van der Waals surface area contributed by atoms with E-state index in [-0.39, 0.29) is 5.97 Å². The van der Waals surface area contributed by atoms with Crippen LogP contribution in [0.5, 0.6) is 5.75 Å². The molecule has 0 saturated heterocycles. The third kappa shape index (κ3) is 5.44. The lowest BCUT2D eigenvalue weighted by atomic mass is 10.2. The van der Waals surface area contributed by atoms with Crippen LogP contribution in [-0.2, 0) is 4.74 Å². The Balaban J connectivity index is 1.77. The van der Waals surface area contributed by atoms with Crippen molar-refractivity contribution in [2.75, 3.05) is 23.8 Å². The second kappa shape index (κ2) is 9.54. The molecule has 1 heterocycles. The number of nitrogens with one attached hydrogen (secondary N) is 2. The number of ether oxygens (including phenoxy) is 2. The maximum atomic E-state index is 11.8. The molecule has 1 aromatic heterocycles. The van der Waals surface area contributed by atoms with E-state index >= 15 is 0 Å². The minimum absolute atomic E-state index is 0.337. The van der Waals surface area contributed by atoms with Crippen LogP contribution < -0.4 is 15.4 Å². The van der Waals surface area contributed by atoms with Gasteiger partial charge in [-0.15, -0.1) is 0 Å². The van der Waals surface area contributed by atoms with Crippen LogP contribution in [0.4, 0.5) is 23.1 Å². The van der Waals surface area contributed by atoms with Crippen molar-refractivity contribution in [3.05, 3.63) is 65.9 Å². The van der Waals surface area contributed by atoms with Gasteiger partial charge in [0.2, 0.25) is 5.95 Å². The van der Waals surface area contributed by atoms with Crippen molar-refractivity contribution in [1.29, 1.82) is 0 Å². The number of esters is 1. The topological polar surface area (TPSA) is 85.4 Å². The fraction of sp³-hybridized carbons (Fsp3) is 0.227. The van der Waals surface area contributed by atoms with Gasteiger partial charge in [0.05, 0.1) is 24.5 Å². The van der Waals surface area contributed by atoms with Gasteiger partial charge in [-0.3, -0.25) is 0 Å². The van der Waals surface area contributed by atoms with Crippen LogP contribution in [0.25, 0.3) is 0 Å². The van der Waals surface area contributed by atoms with Crippen molar-refractivity contribution in [2.24, 2.45) is 0 Å². The fourth-order valence-corrected chi connectivity index (χ4v) is 2.71. The summed E-state index contributed by atoms with van der Waals surface area (Å²) in [7, 11) is 0. The van der Waals surface area contributed by atoms with E-state index in [0.717, 1.165) is 22.8 Å². The Labute approximate surface area is 170 Å². The Kier molecular flexibility index (Phi) is 6.63. The van der Waals surface area contributed by atoms with Crippen LogP contribution in [-0.4, -0.2) is 29.2 Å². The number of hydrogen-bond acceptors (Lipinski definition) is 7. The average molecular weight is 392 g/mol. The first kappa shape index (κ1) is 20.1. The van der Waals surface area contributed by atoms with Crippen molar-refractivity contribution in [3.63, 3.8) is 0 Å². The number of aryl methyl sites for hydroxylation is 1. The number of aromatic nitrogens is 2. The molecule has 0 aliphatic heterocycles. The highest BCUT2D eigenvalue weighted by atomic mass is 16.5. The highest BCUT2D eigenvalue weighted by Crippen LogP contribution is 2.27. The summed E-state index contributed by atoms with van der Waals surface area (Å²) in [5.74, 6) is 1.50. The smallest absolute Gasteiger partial charge is 0.338 e. The molecule has 150 valence electrons. The summed E-state index contributed by atoms with van der Waals surface area (Å²) in [6.07, 6.45) is 0. The highest BCUT2D eigenvalue weighted by Gasteiger charge is 2.09. The molecule has 0 bridgehead atoms. The first-order valence-corrected chi connectivity index (χ1v) is 9.47. The largest absolute Gasteiger partial charge is 0.492 e. The van der Waals surface area contributed by atoms with Gasteiger partial charge >= 0.3 is 5.97 Å². The second-order valence-corrected chi connectivity index (χ2v) is 6.20. The van der Waals surface area contributed by atoms with Crippen LogP contribution in [0.1, 0.15) is 29.9 Å². The third-order valence-corrected chi connectivity index (χ3v) is 3.96. The summed E-state index contributed by atoms with van der Waals surface area (Å²) in [4.78, 5) is 20.8. The van der Waals surface area contributed by atoms with E-state index in [2.05, 4.69) is 20.6 Å². The first-order valence-electron chi connectivity index (χ1n) is 9.47. The zero-order chi connectivity index (χ0) is 20.6. The molecule has 0 radical (unpaired) electrons. The molecule has 0 saturated carbocycles. The number of carbonyl (C=O) groups is 1. The van der Waals surface area contributed by atoms with Gasteiger partial charge in [0.25, 0.3) is 0 Å². The minimum atomic E-state index is -0.337. The fourth-order valence-electron chi connectivity index (χ4n) is 2.71. The van der Waals surface area contributed by atoms with E-state index < -0.39 is 0 Å². The number of rotatable bonds is 8. The molecule has 0 atom stereocenters. The van der Waals surface area contributed by atoms with E-state index in [1.165, 1.54) is 0 Å². The normalized spacial score (nSPS) is 10.3. The highest BCUT2D eigenvalue weighted by molar-refractivity contribution is 5.89. The Bertz CT molecular complexity index is 974. The Hall–Kier alpha value is -3.61. The van der Waals surface area contributed by atoms with Gasteiger partial charge in [-0.2, -0.15) is 4.98 Å². The first-order chi connectivity index (χ1) is 14.1. The minimum Gasteiger partial charge on any atom is -0.492 e. The number of benzene rings is 2. The van der Waals surface area contributed by atoms with Gasteiger partial charge in [0.1, 0.15) is 11.6 Å². The second-order valence-electron chi connectivity index (χ2n) is 6.20. The predicted octanol–water partition coefficient (Wildman–Crippen LogP) is 4.85. The molecule has 29 heavy (non-hydrogen) atoms. The molecule has 0 aliphatic rings. The van der Waals surface area contributed by atoms with Crippen molar-refractivity contribution >= 4 is 29.1 Å². The zero-order valence-electron chi connectivity index (χ0n) is 16.7. The maximum absolute atomic E-state index is 11.8. The van der Waals surface area contributed by atoms with Crippen molar-refractivity contribution in [2.45, 2.75) is 20.8 Å². The number of hydrogen-bond donors (Lipinski definition) is 2. The monoisotopic (exact) mass is 392 g/mol. The number of carbonyl (C=O) groups excluding carboxylic acids is 1. The Morgan fingerprint density at radius 3 is 2.45 bits per heavy atom. The predicted molar refractivity (Wildman–Crippen MR) is 113 cm³/mol. The van der Waals surface area contributed by atoms with Crippen molar-refractivity contribution in [3.8, 4) is 5.75 Å². The molecule has 2 aromatic carbocycles. The number of anilines is 4. The van der Waals surface area contributed by atoms with Gasteiger partial charge in [0, 0.05) is 17.4 Å². The lowest BCUT2D eigenvalue weighted by molar-refractivity contribution is 0.0526. The molecule has 0 amide bonds. The van der Waals surface area contributed by atoms with Crippen LogP contribution in [0.3, 0.4) is 0 Å². The van der Waals surface area contributed by atoms with Crippen LogP contribution in [0.2, 0.25) is 0 Å². The molecule has 0 aliphatic carbocycles. The van der Waals surface area contributed by atoms with E-state index in [1.807, 2.05) is 44.2 Å². The molecular formula is C22H24N4O3. The SMILES string of the molecule is CCOC(=O)c1ccc(Nc2cc(C)nc(Nc3ccccc3OCC)n2)cc1. The van der Waals surface area contributed by atoms with Gasteiger partial charge in [-0.05, 0) is 57.2 Å². The van der Waals surface area contributed by atoms with Gasteiger partial charge in [-0.25, -0.2) is 9.78 Å². The lowest BCUT2D eigenvalue weighted by Gasteiger charge is -2.13. The van der Waals surface area contributed by atoms with Crippen molar-refractivity contribution < 1.29 is 14.3 Å². The van der Waals surface area contributed by atoms with Crippen LogP contribution >= 0.6 is 0 Å². The Morgan fingerprint density at radius 2 is 1.72 bits per heavy atom. The van der Waals surface area contributed by atoms with Gasteiger partial charge < -0.3 is 20.1 Å². The summed E-state index contributed by atoms with van der Waals surface area (Å²) < 4.78 is 10.6. The summed E-state index contributed by atoms with van der Waals surface area (Å²) >= 11 is 0. The summed E-state index contributed by atoms with van der Waals surface area (Å²) in [5, 5.41) is 6.45. The van der Waals surface area contributed by atoms with Gasteiger partial charge in [-0.1, -0.05) is 12.1 Å². The van der Waals surface area contributed by atoms with E-state index in [0.29, 0.717) is 30.5 Å². The molecule has 7 heteroatoms. The molecule has 3 rings (SSSR count). The lowest BCUT2D eigenvalue weighted by Crippen LogP contribution is -2.05. The molecule has 2 N–H and O–H groups in total. The average Bonchev–Trinajstić information content (AvgIpc) is 2.70. The van der Waals surface area contributed by atoms with Crippen LogP contribution in [0.15, 0.2) is 54.6 Å². The van der Waals surface area contributed by atoms with Gasteiger partial charge in [0.15, 0.2) is 0 Å². The van der Waals surface area contributed by atoms with E-state index in [4.69, 9.17) is 9.47 Å². The summed E-state index contributed by atoms with van der Waals surface area (Å²) in [6, 6.07) is 16.5. The van der Waals surface area contributed by atoms with Crippen molar-refractivity contribution in [1.82, 2.24) is 9.97 Å². The maximum Gasteiger partial charge on any atom is 0.338 e. The molecule has 0 fully saturated rings. The molecular weight excluding hydrogens is 368 g/mol. The number of para-hydroxylation sites is 2.